The smallest absolute Gasteiger partial charge is 0.313 e. The van der Waals surface area contributed by atoms with Crippen molar-refractivity contribution in [2.75, 3.05) is 19.2 Å². The van der Waals surface area contributed by atoms with E-state index in [1.807, 2.05) is 0 Å². The van der Waals surface area contributed by atoms with Gasteiger partial charge < -0.3 is 59.6 Å². The Bertz CT molecular complexity index is 2090. The molecule has 1 aromatic carbocycles. The number of phenolic OH excluding ortho intramolecular Hbond substituents is 1. The zero-order valence-electron chi connectivity index (χ0n) is 34.8. The van der Waals surface area contributed by atoms with Crippen molar-refractivity contribution >= 4 is 40.9 Å². The van der Waals surface area contributed by atoms with Crippen LogP contribution in [0.2, 0.25) is 0 Å². The van der Waals surface area contributed by atoms with Gasteiger partial charge >= 0.3 is 17.9 Å². The molecular weight excluding hydrogens is 774 g/mol. The largest absolute Gasteiger partial charge is 0.505 e. The van der Waals surface area contributed by atoms with Crippen molar-refractivity contribution in [3.05, 3.63) is 69.2 Å². The van der Waals surface area contributed by atoms with Crippen molar-refractivity contribution in [1.82, 2.24) is 0 Å². The van der Waals surface area contributed by atoms with E-state index in [2.05, 4.69) is 5.32 Å². The predicted octanol–water partition coefficient (Wildman–Crippen LogP) is 2.79. The number of allylic oxidation sites excluding steroid dienone is 5. The fourth-order valence-electron chi connectivity index (χ4n) is 7.70. The number of carbonyl (C=O) groups is 5. The monoisotopic (exact) mass is 827 g/mol. The highest BCUT2D eigenvalue weighted by Gasteiger charge is 2.49. The van der Waals surface area contributed by atoms with E-state index in [1.165, 1.54) is 73.6 Å². The highest BCUT2D eigenvalue weighted by molar-refractivity contribution is 6.21. The molecular formula is C42H53NO16. The quantitative estimate of drug-likeness (QED) is 0.131. The van der Waals surface area contributed by atoms with E-state index in [4.69, 9.17) is 23.7 Å². The third kappa shape index (κ3) is 8.99. The SMILES string of the molecule is COC(=O)C1C(O)C(C)C(O)C(C)(O)C=C(C)C2=C3C(=C(C)C(=O)c4c(O)c(c(C)c(OC(C)=O)c43)NC(=O)C(C)=CC=CC(C)(O)C(OC(C)=O)C(C)C1O)OCO2. The molecule has 17 nitrogen and oxygen atoms in total. The van der Waals surface area contributed by atoms with Gasteiger partial charge in [-0.1, -0.05) is 26.0 Å². The number of Topliss-reactive ketones (excluding diaryl/α,β-unsaturated/α-hetero) is 1. The summed E-state index contributed by atoms with van der Waals surface area (Å²) in [6, 6.07) is 0. The minimum Gasteiger partial charge on any atom is -0.505 e. The highest BCUT2D eigenvalue weighted by Crippen LogP contribution is 2.53. The molecule has 1 amide bonds. The van der Waals surface area contributed by atoms with Crippen LogP contribution < -0.4 is 10.1 Å². The molecule has 9 unspecified atom stereocenters. The van der Waals surface area contributed by atoms with Crippen LogP contribution in [0.4, 0.5) is 5.69 Å². The minimum atomic E-state index is -2.25. The molecule has 5 rings (SSSR count). The van der Waals surface area contributed by atoms with Crippen LogP contribution in [0, 0.1) is 24.7 Å². The van der Waals surface area contributed by atoms with Gasteiger partial charge in [-0.3, -0.25) is 24.0 Å². The molecule has 9 atom stereocenters. The van der Waals surface area contributed by atoms with Gasteiger partial charge in [0.05, 0.1) is 42.2 Å². The molecule has 17 heteroatoms. The molecule has 322 valence electrons. The third-order valence-corrected chi connectivity index (χ3v) is 10.9. The summed E-state index contributed by atoms with van der Waals surface area (Å²) < 4.78 is 27.8. The second kappa shape index (κ2) is 17.5. The summed E-state index contributed by atoms with van der Waals surface area (Å²) in [6.45, 7) is 12.6. The van der Waals surface area contributed by atoms with E-state index >= 15 is 0 Å². The second-order valence-corrected chi connectivity index (χ2v) is 15.6. The lowest BCUT2D eigenvalue weighted by Gasteiger charge is -2.41. The number of amides is 1. The van der Waals surface area contributed by atoms with Crippen molar-refractivity contribution in [3.8, 4) is 11.5 Å². The zero-order valence-corrected chi connectivity index (χ0v) is 34.8. The number of carbonyl (C=O) groups excluding carboxylic acids is 5. The average Bonchev–Trinajstić information content (AvgIpc) is 3.16. The van der Waals surface area contributed by atoms with Gasteiger partial charge in [-0.05, 0) is 59.3 Å². The standard InChI is InChI=1S/C42H53NO16/c1-17-13-12-14-41(9,53)38(59-24(8)45)22(6)32(48)28(40(52)55-11)31(47)21(5)37(50)42(10,54)15-18(2)34-27-25-26(30(46)20(4)35(27)57-16-56-34)33(49)29(43-39(17)51)19(3)36(25)58-23(7)44/h12-15,21-22,28,31-32,37-38,47-50,53-54H,16H2,1-11H3,(H,43,51). The molecule has 7 N–H and O–H groups in total. The minimum absolute atomic E-state index is 0.00215. The van der Waals surface area contributed by atoms with Crippen LogP contribution in [0.25, 0.3) is 5.57 Å². The molecule has 0 radical (unpaired) electrons. The number of phenols is 1. The predicted molar refractivity (Wildman–Crippen MR) is 209 cm³/mol. The number of ketones is 1. The summed E-state index contributed by atoms with van der Waals surface area (Å²) in [5.74, 6) is -9.88. The molecule has 0 saturated carbocycles. The number of ether oxygens (including phenoxy) is 5. The summed E-state index contributed by atoms with van der Waals surface area (Å²) in [5.41, 5.74) is -4.97. The molecule has 3 heterocycles. The molecule has 4 bridgehead atoms. The first-order chi connectivity index (χ1) is 27.3. The van der Waals surface area contributed by atoms with Gasteiger partial charge in [0, 0.05) is 48.0 Å². The first-order valence-electron chi connectivity index (χ1n) is 18.8. The number of benzene rings is 1. The topological polar surface area (TPSA) is 265 Å². The number of hydrogen-bond donors (Lipinski definition) is 7. The Kier molecular flexibility index (Phi) is 13.7. The Morgan fingerprint density at radius 3 is 2.03 bits per heavy atom. The van der Waals surface area contributed by atoms with E-state index in [1.54, 1.807) is 0 Å². The van der Waals surface area contributed by atoms with Gasteiger partial charge in [-0.15, -0.1) is 0 Å². The van der Waals surface area contributed by atoms with Gasteiger partial charge in [-0.25, -0.2) is 0 Å². The van der Waals surface area contributed by atoms with Gasteiger partial charge in [-0.2, -0.15) is 0 Å². The van der Waals surface area contributed by atoms with E-state index < -0.39 is 95.5 Å². The van der Waals surface area contributed by atoms with E-state index in [0.717, 1.165) is 27.0 Å². The van der Waals surface area contributed by atoms with Gasteiger partial charge in [0.25, 0.3) is 5.91 Å². The van der Waals surface area contributed by atoms with Gasteiger partial charge in [0.15, 0.2) is 11.5 Å². The van der Waals surface area contributed by atoms with Crippen molar-refractivity contribution in [2.45, 2.75) is 105 Å². The number of fused-ring (bicyclic) bond motifs is 14. The fourth-order valence-corrected chi connectivity index (χ4v) is 7.70. The number of aliphatic hydroxyl groups is 5. The van der Waals surface area contributed by atoms with Gasteiger partial charge in [0.2, 0.25) is 6.79 Å². The van der Waals surface area contributed by atoms with E-state index in [-0.39, 0.29) is 61.9 Å². The number of aliphatic hydroxyl groups excluding tert-OH is 3. The van der Waals surface area contributed by atoms with Crippen molar-refractivity contribution in [3.63, 3.8) is 0 Å². The van der Waals surface area contributed by atoms with Crippen LogP contribution >= 0.6 is 0 Å². The number of nitrogens with one attached hydrogen (secondary N) is 1. The molecule has 0 aromatic heterocycles. The normalized spacial score (nSPS) is 30.7. The van der Waals surface area contributed by atoms with E-state index in [9.17, 15) is 54.6 Å². The second-order valence-electron chi connectivity index (χ2n) is 15.6. The van der Waals surface area contributed by atoms with E-state index in [0.29, 0.717) is 0 Å². The lowest BCUT2D eigenvalue weighted by molar-refractivity contribution is -0.180. The summed E-state index contributed by atoms with van der Waals surface area (Å²) >= 11 is 0. The number of rotatable bonds is 3. The Labute approximate surface area is 341 Å². The molecule has 1 aliphatic carbocycles. The lowest BCUT2D eigenvalue weighted by atomic mass is 9.74. The maximum Gasteiger partial charge on any atom is 0.313 e. The third-order valence-electron chi connectivity index (χ3n) is 10.9. The lowest BCUT2D eigenvalue weighted by Crippen LogP contribution is -2.55. The Hall–Kier alpha value is -5.33. The summed E-state index contributed by atoms with van der Waals surface area (Å²) in [4.78, 5) is 65.8. The van der Waals surface area contributed by atoms with Crippen molar-refractivity contribution in [1.29, 1.82) is 0 Å². The summed E-state index contributed by atoms with van der Waals surface area (Å²) in [6.07, 6.45) is -2.43. The molecule has 0 spiro atoms. The first kappa shape index (κ1) is 46.4. The van der Waals surface area contributed by atoms with Crippen LogP contribution in [0.15, 0.2) is 52.5 Å². The van der Waals surface area contributed by atoms with Gasteiger partial charge in [0.1, 0.15) is 40.5 Å². The Morgan fingerprint density at radius 1 is 0.864 bits per heavy atom. The van der Waals surface area contributed by atoms with Crippen LogP contribution in [0.3, 0.4) is 0 Å². The summed E-state index contributed by atoms with van der Waals surface area (Å²) in [5, 5.41) is 72.8. The molecule has 0 fully saturated rings. The number of hydrogen-bond acceptors (Lipinski definition) is 16. The van der Waals surface area contributed by atoms with Crippen molar-refractivity contribution in [2.24, 2.45) is 17.8 Å². The number of methoxy groups -OCH3 is 1. The van der Waals surface area contributed by atoms with Crippen LogP contribution in [-0.2, 0) is 38.1 Å². The zero-order chi connectivity index (χ0) is 44.6. The number of esters is 3. The molecule has 1 aromatic rings. The Morgan fingerprint density at radius 2 is 1.46 bits per heavy atom. The first-order valence-corrected chi connectivity index (χ1v) is 18.8. The van der Waals surface area contributed by atoms with Crippen molar-refractivity contribution < 1.29 is 78.3 Å². The molecule has 3 aliphatic heterocycles. The molecule has 59 heavy (non-hydrogen) atoms. The maximum atomic E-state index is 14.0. The highest BCUT2D eigenvalue weighted by atomic mass is 16.7. The fraction of sp³-hybridized carbons (Fsp3) is 0.500. The van der Waals surface area contributed by atoms with Crippen LogP contribution in [0.5, 0.6) is 11.5 Å². The molecule has 0 saturated heterocycles. The number of aromatic hydroxyl groups is 1. The average molecular weight is 828 g/mol. The van der Waals surface area contributed by atoms with Crippen LogP contribution in [-0.4, -0.2) is 110 Å². The van der Waals surface area contributed by atoms with Crippen LogP contribution in [0.1, 0.15) is 83.8 Å². The Balaban J connectivity index is 2.10. The molecule has 4 aliphatic rings. The maximum absolute atomic E-state index is 14.0. The number of anilines is 1. The summed E-state index contributed by atoms with van der Waals surface area (Å²) in [7, 11) is 1.01.